The molecular weight excluding hydrogens is 357 g/mol. The standard InChI is InChI=1S/C12H6Cl3N3O2S/c1-5-2-10(19)18-11(16-5)21-12(17-18)20-9-4-7(14)6(13)3-8(9)15/h2-4H,1H3. The Balaban J connectivity index is 2.04. The second kappa shape index (κ2) is 5.46. The van der Waals surface area contributed by atoms with Crippen LogP contribution in [0.5, 0.6) is 10.9 Å². The van der Waals surface area contributed by atoms with Crippen LogP contribution in [-0.2, 0) is 0 Å². The van der Waals surface area contributed by atoms with Crippen LogP contribution in [0.25, 0.3) is 4.96 Å². The second-order valence-corrected chi connectivity index (χ2v) is 6.24. The van der Waals surface area contributed by atoms with Crippen LogP contribution in [0.4, 0.5) is 0 Å². The number of hydrogen-bond acceptors (Lipinski definition) is 5. The topological polar surface area (TPSA) is 56.5 Å². The van der Waals surface area contributed by atoms with Crippen molar-refractivity contribution < 1.29 is 4.74 Å². The lowest BCUT2D eigenvalue weighted by Gasteiger charge is -2.05. The fraction of sp³-hybridized carbons (Fsp3) is 0.0833. The fourth-order valence-electron chi connectivity index (χ4n) is 1.62. The predicted octanol–water partition coefficient (Wildman–Crippen LogP) is 4.21. The lowest BCUT2D eigenvalue weighted by atomic mass is 10.3. The van der Waals surface area contributed by atoms with Crippen LogP contribution < -0.4 is 10.3 Å². The van der Waals surface area contributed by atoms with Gasteiger partial charge in [-0.3, -0.25) is 4.79 Å². The second-order valence-electron chi connectivity index (χ2n) is 4.10. The minimum Gasteiger partial charge on any atom is -0.428 e. The van der Waals surface area contributed by atoms with Gasteiger partial charge in [0.1, 0.15) is 0 Å². The molecule has 9 heteroatoms. The third-order valence-corrected chi connectivity index (χ3v) is 4.33. The molecule has 0 radical (unpaired) electrons. The first-order valence-electron chi connectivity index (χ1n) is 5.64. The summed E-state index contributed by atoms with van der Waals surface area (Å²) in [5.41, 5.74) is 0.339. The van der Waals surface area contributed by atoms with Crippen molar-refractivity contribution >= 4 is 51.1 Å². The first kappa shape index (κ1) is 14.6. The van der Waals surface area contributed by atoms with Crippen molar-refractivity contribution in [2.75, 3.05) is 0 Å². The lowest BCUT2D eigenvalue weighted by Crippen LogP contribution is -2.14. The molecule has 2 heterocycles. The molecule has 0 aliphatic heterocycles. The molecule has 5 nitrogen and oxygen atoms in total. The summed E-state index contributed by atoms with van der Waals surface area (Å²) in [5.74, 6) is 0.301. The number of aromatic nitrogens is 3. The van der Waals surface area contributed by atoms with Gasteiger partial charge in [0.2, 0.25) is 4.96 Å². The summed E-state index contributed by atoms with van der Waals surface area (Å²) >= 11 is 18.9. The van der Waals surface area contributed by atoms with Crippen molar-refractivity contribution in [3.8, 4) is 10.9 Å². The molecule has 108 valence electrons. The van der Waals surface area contributed by atoms with Gasteiger partial charge in [0.15, 0.2) is 5.75 Å². The van der Waals surface area contributed by atoms with Crippen molar-refractivity contribution in [3.05, 3.63) is 49.3 Å². The van der Waals surface area contributed by atoms with Crippen LogP contribution in [0.3, 0.4) is 0 Å². The number of nitrogens with zero attached hydrogens (tertiary/aromatic N) is 3. The zero-order chi connectivity index (χ0) is 15.1. The monoisotopic (exact) mass is 361 g/mol. The Morgan fingerprint density at radius 3 is 2.62 bits per heavy atom. The Kier molecular flexibility index (Phi) is 3.79. The van der Waals surface area contributed by atoms with E-state index in [9.17, 15) is 4.79 Å². The number of rotatable bonds is 2. The van der Waals surface area contributed by atoms with Gasteiger partial charge in [0.05, 0.1) is 15.1 Å². The molecule has 0 aliphatic carbocycles. The summed E-state index contributed by atoms with van der Waals surface area (Å²) in [6.45, 7) is 1.73. The summed E-state index contributed by atoms with van der Waals surface area (Å²) < 4.78 is 6.72. The smallest absolute Gasteiger partial charge is 0.300 e. The molecule has 0 spiro atoms. The SMILES string of the molecule is Cc1cc(=O)n2nc(Oc3cc(Cl)c(Cl)cc3Cl)sc2n1. The number of aryl methyl sites for hydroxylation is 1. The van der Waals surface area contributed by atoms with E-state index in [0.29, 0.717) is 31.5 Å². The average Bonchev–Trinajstić information content (AvgIpc) is 2.78. The van der Waals surface area contributed by atoms with E-state index in [-0.39, 0.29) is 10.8 Å². The van der Waals surface area contributed by atoms with E-state index in [4.69, 9.17) is 39.5 Å². The van der Waals surface area contributed by atoms with Gasteiger partial charge < -0.3 is 4.74 Å². The Morgan fingerprint density at radius 2 is 1.86 bits per heavy atom. The lowest BCUT2D eigenvalue weighted by molar-refractivity contribution is 0.469. The molecular formula is C12H6Cl3N3O2S. The van der Waals surface area contributed by atoms with Crippen molar-refractivity contribution in [2.24, 2.45) is 0 Å². The largest absolute Gasteiger partial charge is 0.428 e. The summed E-state index contributed by atoms with van der Waals surface area (Å²) in [6.07, 6.45) is 0. The first-order chi connectivity index (χ1) is 9.94. The Hall–Kier alpha value is -1.34. The first-order valence-corrected chi connectivity index (χ1v) is 7.59. The highest BCUT2D eigenvalue weighted by atomic mass is 35.5. The van der Waals surface area contributed by atoms with E-state index in [2.05, 4.69) is 10.1 Å². The predicted molar refractivity (Wildman–Crippen MR) is 83.4 cm³/mol. The molecule has 2 aromatic heterocycles. The Bertz CT molecular complexity index is 907. The van der Waals surface area contributed by atoms with Crippen molar-refractivity contribution in [3.63, 3.8) is 0 Å². The van der Waals surface area contributed by atoms with Gasteiger partial charge in [0.25, 0.3) is 10.8 Å². The highest BCUT2D eigenvalue weighted by Gasteiger charge is 2.13. The van der Waals surface area contributed by atoms with Crippen LogP contribution in [-0.4, -0.2) is 14.6 Å². The van der Waals surface area contributed by atoms with Crippen LogP contribution in [0.15, 0.2) is 23.0 Å². The molecule has 21 heavy (non-hydrogen) atoms. The van der Waals surface area contributed by atoms with E-state index >= 15 is 0 Å². The molecule has 1 aromatic carbocycles. The van der Waals surface area contributed by atoms with Crippen molar-refractivity contribution in [1.82, 2.24) is 14.6 Å². The van der Waals surface area contributed by atoms with Crippen LogP contribution in [0.2, 0.25) is 15.1 Å². The van der Waals surface area contributed by atoms with Crippen LogP contribution >= 0.6 is 46.1 Å². The van der Waals surface area contributed by atoms with Crippen LogP contribution in [0.1, 0.15) is 5.69 Å². The molecule has 0 atom stereocenters. The number of fused-ring (bicyclic) bond motifs is 1. The zero-order valence-electron chi connectivity index (χ0n) is 10.4. The summed E-state index contributed by atoms with van der Waals surface area (Å²) in [7, 11) is 0. The summed E-state index contributed by atoms with van der Waals surface area (Å²) in [6, 6.07) is 4.35. The molecule has 0 amide bonds. The van der Waals surface area contributed by atoms with Crippen molar-refractivity contribution in [1.29, 1.82) is 0 Å². The summed E-state index contributed by atoms with van der Waals surface area (Å²) in [5, 5.41) is 5.20. The van der Waals surface area contributed by atoms with Gasteiger partial charge in [-0.2, -0.15) is 4.52 Å². The Labute approximate surface area is 137 Å². The van der Waals surface area contributed by atoms with Gasteiger partial charge in [-0.1, -0.05) is 34.8 Å². The van der Waals surface area contributed by atoms with E-state index in [1.807, 2.05) is 0 Å². The minimum atomic E-state index is -0.274. The average molecular weight is 363 g/mol. The maximum absolute atomic E-state index is 11.8. The molecule has 0 saturated carbocycles. The highest BCUT2D eigenvalue weighted by Crippen LogP contribution is 2.37. The fourth-order valence-corrected chi connectivity index (χ4v) is 3.01. The van der Waals surface area contributed by atoms with E-state index in [1.165, 1.54) is 22.7 Å². The van der Waals surface area contributed by atoms with E-state index < -0.39 is 0 Å². The maximum atomic E-state index is 11.8. The third kappa shape index (κ3) is 2.85. The quantitative estimate of drug-likeness (QED) is 0.641. The number of ether oxygens (including phenoxy) is 1. The Morgan fingerprint density at radius 1 is 1.14 bits per heavy atom. The number of hydrogen-bond donors (Lipinski definition) is 0. The molecule has 0 fully saturated rings. The molecule has 0 unspecified atom stereocenters. The van der Waals surface area contributed by atoms with Gasteiger partial charge >= 0.3 is 0 Å². The van der Waals surface area contributed by atoms with Gasteiger partial charge in [0, 0.05) is 17.8 Å². The molecule has 3 rings (SSSR count). The van der Waals surface area contributed by atoms with E-state index in [0.717, 1.165) is 11.3 Å². The molecule has 0 aliphatic rings. The maximum Gasteiger partial charge on any atom is 0.300 e. The zero-order valence-corrected chi connectivity index (χ0v) is 13.5. The minimum absolute atomic E-state index is 0.227. The molecule has 0 saturated heterocycles. The normalized spacial score (nSPS) is 11.0. The van der Waals surface area contributed by atoms with Crippen LogP contribution in [0, 0.1) is 6.92 Å². The number of benzene rings is 1. The molecule has 0 bridgehead atoms. The van der Waals surface area contributed by atoms with Gasteiger partial charge in [-0.15, -0.1) is 5.10 Å². The number of halogens is 3. The summed E-state index contributed by atoms with van der Waals surface area (Å²) in [4.78, 5) is 16.4. The molecule has 3 aromatic rings. The van der Waals surface area contributed by atoms with Gasteiger partial charge in [-0.05, 0) is 24.3 Å². The highest BCUT2D eigenvalue weighted by molar-refractivity contribution is 7.18. The van der Waals surface area contributed by atoms with Crippen molar-refractivity contribution in [2.45, 2.75) is 6.92 Å². The van der Waals surface area contributed by atoms with E-state index in [1.54, 1.807) is 6.92 Å². The molecule has 0 N–H and O–H groups in total. The van der Waals surface area contributed by atoms with Gasteiger partial charge in [-0.25, -0.2) is 4.98 Å². The third-order valence-electron chi connectivity index (χ3n) is 2.53.